The zero-order valence-corrected chi connectivity index (χ0v) is 16.3. The second kappa shape index (κ2) is 8.33. The number of nitrogens with one attached hydrogen (secondary N) is 1. The van der Waals surface area contributed by atoms with E-state index < -0.39 is 6.10 Å². The standard InChI is InChI=1S/C25H23NO3/c1-2-29-23-15-14-18-9-4-6-12-20(18)24(23)25(28)26-16-22(27)21-13-7-10-17-8-3-5-11-19(17)21/h3-15,22,27H,2,16H2,1H3,(H,26,28). The van der Waals surface area contributed by atoms with Gasteiger partial charge in [0.2, 0.25) is 0 Å². The maximum absolute atomic E-state index is 13.1. The van der Waals surface area contributed by atoms with Crippen LogP contribution in [0.25, 0.3) is 21.5 Å². The Morgan fingerprint density at radius 2 is 1.55 bits per heavy atom. The van der Waals surface area contributed by atoms with Gasteiger partial charge in [-0.3, -0.25) is 4.79 Å². The summed E-state index contributed by atoms with van der Waals surface area (Å²) in [6.45, 7) is 2.47. The number of amides is 1. The molecule has 0 aliphatic rings. The van der Waals surface area contributed by atoms with Crippen LogP contribution in [0.4, 0.5) is 0 Å². The summed E-state index contributed by atoms with van der Waals surface area (Å²) in [4.78, 5) is 13.1. The second-order valence-electron chi connectivity index (χ2n) is 6.89. The normalized spacial score (nSPS) is 12.1. The van der Waals surface area contributed by atoms with Crippen molar-refractivity contribution in [1.82, 2.24) is 5.32 Å². The van der Waals surface area contributed by atoms with E-state index in [1.165, 1.54) is 0 Å². The molecule has 1 atom stereocenters. The average Bonchev–Trinajstić information content (AvgIpc) is 2.77. The van der Waals surface area contributed by atoms with Gasteiger partial charge in [-0.25, -0.2) is 0 Å². The maximum Gasteiger partial charge on any atom is 0.255 e. The van der Waals surface area contributed by atoms with Gasteiger partial charge in [-0.2, -0.15) is 0 Å². The summed E-state index contributed by atoms with van der Waals surface area (Å²) < 4.78 is 5.69. The maximum atomic E-state index is 13.1. The van der Waals surface area contributed by atoms with Crippen molar-refractivity contribution in [2.45, 2.75) is 13.0 Å². The first kappa shape index (κ1) is 19.0. The Morgan fingerprint density at radius 1 is 0.897 bits per heavy atom. The number of ether oxygens (including phenoxy) is 1. The molecule has 0 radical (unpaired) electrons. The number of carbonyl (C=O) groups excluding carboxylic acids is 1. The fourth-order valence-corrected chi connectivity index (χ4v) is 3.69. The molecular formula is C25H23NO3. The van der Waals surface area contributed by atoms with Crippen molar-refractivity contribution in [3.63, 3.8) is 0 Å². The van der Waals surface area contributed by atoms with Crippen molar-refractivity contribution >= 4 is 27.5 Å². The molecule has 1 amide bonds. The highest BCUT2D eigenvalue weighted by Crippen LogP contribution is 2.29. The highest BCUT2D eigenvalue weighted by molar-refractivity contribution is 6.09. The fourth-order valence-electron chi connectivity index (χ4n) is 3.69. The zero-order valence-electron chi connectivity index (χ0n) is 16.3. The number of carbonyl (C=O) groups is 1. The minimum Gasteiger partial charge on any atom is -0.493 e. The van der Waals surface area contributed by atoms with Crippen LogP contribution in [0.2, 0.25) is 0 Å². The molecule has 0 spiro atoms. The number of rotatable bonds is 6. The minimum absolute atomic E-state index is 0.113. The number of hydrogen-bond acceptors (Lipinski definition) is 3. The van der Waals surface area contributed by atoms with Gasteiger partial charge in [-0.1, -0.05) is 72.8 Å². The molecule has 4 rings (SSSR count). The summed E-state index contributed by atoms with van der Waals surface area (Å²) in [6.07, 6.45) is -0.810. The van der Waals surface area contributed by atoms with Crippen molar-refractivity contribution in [2.75, 3.05) is 13.2 Å². The number of benzene rings is 4. The van der Waals surface area contributed by atoms with E-state index in [1.807, 2.05) is 85.8 Å². The van der Waals surface area contributed by atoms with Gasteiger partial charge in [0, 0.05) is 6.54 Å². The molecule has 0 aliphatic heterocycles. The first-order chi connectivity index (χ1) is 14.2. The molecule has 0 fully saturated rings. The van der Waals surface area contributed by atoms with Crippen molar-refractivity contribution in [2.24, 2.45) is 0 Å². The quantitative estimate of drug-likeness (QED) is 0.499. The Bertz CT molecular complexity index is 1160. The Morgan fingerprint density at radius 3 is 2.31 bits per heavy atom. The third-order valence-corrected chi connectivity index (χ3v) is 5.06. The molecule has 2 N–H and O–H groups in total. The predicted octanol–water partition coefficient (Wildman–Crippen LogP) is 4.86. The molecule has 0 saturated carbocycles. The van der Waals surface area contributed by atoms with Crippen LogP contribution in [0.3, 0.4) is 0 Å². The van der Waals surface area contributed by atoms with Crippen molar-refractivity contribution < 1.29 is 14.6 Å². The third-order valence-electron chi connectivity index (χ3n) is 5.06. The van der Waals surface area contributed by atoms with E-state index in [0.717, 1.165) is 27.1 Å². The summed E-state index contributed by atoms with van der Waals surface area (Å²) >= 11 is 0. The van der Waals surface area contributed by atoms with E-state index in [0.29, 0.717) is 17.9 Å². The summed E-state index contributed by atoms with van der Waals surface area (Å²) in [5.74, 6) is 0.285. The number of hydrogen-bond donors (Lipinski definition) is 2. The van der Waals surface area contributed by atoms with Crippen LogP contribution in [0.5, 0.6) is 5.75 Å². The minimum atomic E-state index is -0.810. The number of aliphatic hydroxyl groups is 1. The predicted molar refractivity (Wildman–Crippen MR) is 116 cm³/mol. The topological polar surface area (TPSA) is 58.6 Å². The second-order valence-corrected chi connectivity index (χ2v) is 6.89. The van der Waals surface area contributed by atoms with Crippen LogP contribution in [0.15, 0.2) is 78.9 Å². The van der Waals surface area contributed by atoms with Crippen LogP contribution in [-0.4, -0.2) is 24.2 Å². The van der Waals surface area contributed by atoms with Gasteiger partial charge in [0.05, 0.1) is 18.3 Å². The van der Waals surface area contributed by atoms with Crippen molar-refractivity contribution in [3.8, 4) is 5.75 Å². The monoisotopic (exact) mass is 385 g/mol. The summed E-state index contributed by atoms with van der Waals surface area (Å²) in [5.41, 5.74) is 1.29. The van der Waals surface area contributed by atoms with Gasteiger partial charge in [0.15, 0.2) is 0 Å². The SMILES string of the molecule is CCOc1ccc2ccccc2c1C(=O)NCC(O)c1cccc2ccccc12. The largest absolute Gasteiger partial charge is 0.493 e. The molecule has 4 nitrogen and oxygen atoms in total. The molecule has 146 valence electrons. The van der Waals surface area contributed by atoms with Crippen molar-refractivity contribution in [3.05, 3.63) is 90.0 Å². The van der Waals surface area contributed by atoms with E-state index in [1.54, 1.807) is 0 Å². The molecule has 0 heterocycles. The summed E-state index contributed by atoms with van der Waals surface area (Å²) in [5, 5.41) is 17.5. The van der Waals surface area contributed by atoms with E-state index in [-0.39, 0.29) is 12.5 Å². The number of aliphatic hydroxyl groups excluding tert-OH is 1. The summed E-state index contributed by atoms with van der Waals surface area (Å²) in [7, 11) is 0. The van der Waals surface area contributed by atoms with Crippen LogP contribution in [0.1, 0.15) is 28.9 Å². The Kier molecular flexibility index (Phi) is 5.45. The van der Waals surface area contributed by atoms with Gasteiger partial charge in [-0.15, -0.1) is 0 Å². The van der Waals surface area contributed by atoms with Crippen LogP contribution in [-0.2, 0) is 0 Å². The van der Waals surface area contributed by atoms with Gasteiger partial charge >= 0.3 is 0 Å². The molecule has 1 unspecified atom stereocenters. The lowest BCUT2D eigenvalue weighted by atomic mass is 10.00. The van der Waals surface area contributed by atoms with Crippen LogP contribution < -0.4 is 10.1 Å². The van der Waals surface area contributed by atoms with Crippen LogP contribution in [0, 0.1) is 0 Å². The van der Waals surface area contributed by atoms with Gasteiger partial charge < -0.3 is 15.2 Å². The van der Waals surface area contributed by atoms with E-state index in [9.17, 15) is 9.90 Å². The summed E-state index contributed by atoms with van der Waals surface area (Å²) in [6, 6.07) is 25.2. The molecular weight excluding hydrogens is 362 g/mol. The number of fused-ring (bicyclic) bond motifs is 2. The Hall–Kier alpha value is -3.37. The molecule has 4 heteroatoms. The lowest BCUT2D eigenvalue weighted by Crippen LogP contribution is -2.29. The smallest absolute Gasteiger partial charge is 0.255 e. The molecule has 4 aromatic carbocycles. The Labute approximate surface area is 169 Å². The van der Waals surface area contributed by atoms with Crippen LogP contribution >= 0.6 is 0 Å². The lowest BCUT2D eigenvalue weighted by Gasteiger charge is -2.17. The van der Waals surface area contributed by atoms with Gasteiger partial charge in [0.25, 0.3) is 5.91 Å². The molecule has 0 saturated heterocycles. The lowest BCUT2D eigenvalue weighted by molar-refractivity contribution is 0.0915. The van der Waals surface area contributed by atoms with Gasteiger partial charge in [0.1, 0.15) is 5.75 Å². The first-order valence-corrected chi connectivity index (χ1v) is 9.77. The van der Waals surface area contributed by atoms with E-state index in [4.69, 9.17) is 4.74 Å². The molecule has 29 heavy (non-hydrogen) atoms. The van der Waals surface area contributed by atoms with Crippen molar-refractivity contribution in [1.29, 1.82) is 0 Å². The van der Waals surface area contributed by atoms with E-state index in [2.05, 4.69) is 5.32 Å². The molecule has 4 aromatic rings. The van der Waals surface area contributed by atoms with E-state index >= 15 is 0 Å². The molecule has 0 aliphatic carbocycles. The fraction of sp³-hybridized carbons (Fsp3) is 0.160. The average molecular weight is 385 g/mol. The molecule has 0 bridgehead atoms. The molecule has 0 aromatic heterocycles. The third kappa shape index (κ3) is 3.80. The first-order valence-electron chi connectivity index (χ1n) is 9.77. The Balaban J connectivity index is 1.60. The zero-order chi connectivity index (χ0) is 20.2. The highest BCUT2D eigenvalue weighted by Gasteiger charge is 2.18. The van der Waals surface area contributed by atoms with Gasteiger partial charge in [-0.05, 0) is 40.1 Å². The highest BCUT2D eigenvalue weighted by atomic mass is 16.5.